The lowest BCUT2D eigenvalue weighted by molar-refractivity contribution is -0.151. The van der Waals surface area contributed by atoms with Crippen LogP contribution in [0.3, 0.4) is 0 Å². The Morgan fingerprint density at radius 1 is 1.03 bits per heavy atom. The van der Waals surface area contributed by atoms with E-state index >= 15 is 0 Å². The fraction of sp³-hybridized carbons (Fsp3) is 0.346. The monoisotopic (exact) mass is 434 g/mol. The van der Waals surface area contributed by atoms with E-state index in [1.165, 1.54) is 11.0 Å². The molecule has 0 radical (unpaired) electrons. The van der Waals surface area contributed by atoms with Crippen LogP contribution in [-0.2, 0) is 19.1 Å². The molecule has 1 heterocycles. The number of likely N-dealkylation sites (tertiary alicyclic amines) is 1. The van der Waals surface area contributed by atoms with E-state index in [-0.39, 0.29) is 30.2 Å². The van der Waals surface area contributed by atoms with Crippen molar-refractivity contribution < 1.29 is 19.1 Å². The zero-order valence-corrected chi connectivity index (χ0v) is 18.7. The number of benzene rings is 2. The lowest BCUT2D eigenvalue weighted by atomic mass is 9.97. The van der Waals surface area contributed by atoms with Crippen LogP contribution in [-0.4, -0.2) is 60.9 Å². The lowest BCUT2D eigenvalue weighted by Crippen LogP contribution is -2.45. The lowest BCUT2D eigenvalue weighted by Gasteiger charge is -2.32. The number of hydrogen-bond donors (Lipinski definition) is 0. The molecule has 2 amide bonds. The van der Waals surface area contributed by atoms with E-state index in [1.807, 2.05) is 54.6 Å². The van der Waals surface area contributed by atoms with Crippen LogP contribution in [0.25, 0.3) is 17.2 Å². The topological polar surface area (TPSA) is 66.9 Å². The first-order chi connectivity index (χ1) is 15.5. The van der Waals surface area contributed by atoms with Gasteiger partial charge in [0, 0.05) is 26.2 Å². The molecule has 1 aliphatic heterocycles. The summed E-state index contributed by atoms with van der Waals surface area (Å²) in [6, 6.07) is 18.0. The smallest absolute Gasteiger partial charge is 0.309 e. The summed E-state index contributed by atoms with van der Waals surface area (Å²) in [6.45, 7) is 3.18. The SMILES string of the molecule is CCOC(=O)C1CCN(C(=O)CN(C)C(=O)C=Cc2cccc(-c3ccccc3)c2)CC1. The highest BCUT2D eigenvalue weighted by Gasteiger charge is 2.28. The van der Waals surface area contributed by atoms with Gasteiger partial charge in [0.25, 0.3) is 0 Å². The molecule has 6 nitrogen and oxygen atoms in total. The first kappa shape index (κ1) is 23.3. The molecule has 0 saturated carbocycles. The van der Waals surface area contributed by atoms with Gasteiger partial charge in [-0.2, -0.15) is 0 Å². The Morgan fingerprint density at radius 3 is 2.41 bits per heavy atom. The molecule has 0 bridgehead atoms. The molecule has 0 unspecified atom stereocenters. The summed E-state index contributed by atoms with van der Waals surface area (Å²) in [7, 11) is 1.62. The number of amides is 2. The molecule has 2 aromatic carbocycles. The molecule has 168 valence electrons. The van der Waals surface area contributed by atoms with Crippen molar-refractivity contribution in [3.8, 4) is 11.1 Å². The van der Waals surface area contributed by atoms with Gasteiger partial charge in [0.05, 0.1) is 19.1 Å². The maximum atomic E-state index is 12.6. The molecule has 0 aromatic heterocycles. The van der Waals surface area contributed by atoms with Gasteiger partial charge < -0.3 is 14.5 Å². The van der Waals surface area contributed by atoms with Gasteiger partial charge in [-0.1, -0.05) is 48.5 Å². The van der Waals surface area contributed by atoms with E-state index < -0.39 is 0 Å². The number of carbonyl (C=O) groups is 3. The van der Waals surface area contributed by atoms with Crippen LogP contribution in [0.15, 0.2) is 60.7 Å². The molecule has 6 heteroatoms. The van der Waals surface area contributed by atoms with Gasteiger partial charge in [-0.05, 0) is 48.6 Å². The van der Waals surface area contributed by atoms with Crippen molar-refractivity contribution in [2.75, 3.05) is 33.3 Å². The van der Waals surface area contributed by atoms with Crippen LogP contribution in [0.4, 0.5) is 0 Å². The number of rotatable bonds is 7. The quantitative estimate of drug-likeness (QED) is 0.493. The predicted molar refractivity (Wildman–Crippen MR) is 124 cm³/mol. The van der Waals surface area contributed by atoms with E-state index in [4.69, 9.17) is 4.74 Å². The highest BCUT2D eigenvalue weighted by Crippen LogP contribution is 2.21. The molecule has 32 heavy (non-hydrogen) atoms. The summed E-state index contributed by atoms with van der Waals surface area (Å²) < 4.78 is 5.07. The zero-order valence-electron chi connectivity index (χ0n) is 18.7. The average Bonchev–Trinajstić information content (AvgIpc) is 2.83. The summed E-state index contributed by atoms with van der Waals surface area (Å²) in [5, 5.41) is 0. The van der Waals surface area contributed by atoms with Crippen molar-refractivity contribution in [2.24, 2.45) is 5.92 Å². The Morgan fingerprint density at radius 2 is 1.72 bits per heavy atom. The van der Waals surface area contributed by atoms with Crippen molar-refractivity contribution in [1.29, 1.82) is 0 Å². The van der Waals surface area contributed by atoms with E-state index in [9.17, 15) is 14.4 Å². The standard InChI is InChI=1S/C26H30N2O4/c1-3-32-26(31)22-14-16-28(17-15-22)25(30)19-27(2)24(29)13-12-20-8-7-11-23(18-20)21-9-5-4-6-10-21/h4-13,18,22H,3,14-17,19H2,1-2H3. The van der Waals surface area contributed by atoms with E-state index in [1.54, 1.807) is 24.9 Å². The number of hydrogen-bond acceptors (Lipinski definition) is 4. The Labute approximate surface area is 189 Å². The minimum absolute atomic E-state index is 0.0112. The van der Waals surface area contributed by atoms with E-state index in [0.29, 0.717) is 32.5 Å². The molecule has 1 fully saturated rings. The Kier molecular flexibility index (Phi) is 8.20. The van der Waals surface area contributed by atoms with E-state index in [2.05, 4.69) is 0 Å². The minimum Gasteiger partial charge on any atom is -0.466 e. The van der Waals surface area contributed by atoms with Crippen molar-refractivity contribution in [1.82, 2.24) is 9.80 Å². The molecule has 0 atom stereocenters. The van der Waals surface area contributed by atoms with Crippen molar-refractivity contribution in [2.45, 2.75) is 19.8 Å². The number of carbonyl (C=O) groups excluding carboxylic acids is 3. The van der Waals surface area contributed by atoms with Gasteiger partial charge in [0.1, 0.15) is 0 Å². The van der Waals surface area contributed by atoms with Gasteiger partial charge in [-0.25, -0.2) is 0 Å². The highest BCUT2D eigenvalue weighted by molar-refractivity contribution is 5.94. The molecular weight excluding hydrogens is 404 g/mol. The Bertz CT molecular complexity index is 963. The summed E-state index contributed by atoms with van der Waals surface area (Å²) in [6.07, 6.45) is 4.45. The van der Waals surface area contributed by atoms with Crippen LogP contribution in [0.2, 0.25) is 0 Å². The van der Waals surface area contributed by atoms with Crippen molar-refractivity contribution in [3.05, 3.63) is 66.2 Å². The van der Waals surface area contributed by atoms with Crippen LogP contribution in [0, 0.1) is 5.92 Å². The highest BCUT2D eigenvalue weighted by atomic mass is 16.5. The maximum Gasteiger partial charge on any atom is 0.309 e. The number of nitrogens with zero attached hydrogens (tertiary/aromatic N) is 2. The van der Waals surface area contributed by atoms with Crippen LogP contribution < -0.4 is 0 Å². The Balaban J connectivity index is 1.51. The first-order valence-electron chi connectivity index (χ1n) is 11.0. The zero-order chi connectivity index (χ0) is 22.9. The van der Waals surface area contributed by atoms with Crippen LogP contribution in [0.1, 0.15) is 25.3 Å². The number of likely N-dealkylation sites (N-methyl/N-ethyl adjacent to an activating group) is 1. The predicted octanol–water partition coefficient (Wildman–Crippen LogP) is 3.63. The van der Waals surface area contributed by atoms with Crippen LogP contribution in [0.5, 0.6) is 0 Å². The molecule has 1 saturated heterocycles. The maximum absolute atomic E-state index is 12.6. The molecule has 2 aromatic rings. The van der Waals surface area contributed by atoms with Gasteiger partial charge in [0.15, 0.2) is 0 Å². The fourth-order valence-electron chi connectivity index (χ4n) is 3.75. The first-order valence-corrected chi connectivity index (χ1v) is 11.0. The summed E-state index contributed by atoms with van der Waals surface area (Å²) >= 11 is 0. The van der Waals surface area contributed by atoms with Gasteiger partial charge >= 0.3 is 5.97 Å². The van der Waals surface area contributed by atoms with Gasteiger partial charge in [-0.15, -0.1) is 0 Å². The molecule has 0 aliphatic carbocycles. The second-order valence-corrected chi connectivity index (χ2v) is 7.93. The Hall–Kier alpha value is -3.41. The van der Waals surface area contributed by atoms with Gasteiger partial charge in [-0.3, -0.25) is 14.4 Å². The van der Waals surface area contributed by atoms with Crippen molar-refractivity contribution in [3.63, 3.8) is 0 Å². The molecular formula is C26H30N2O4. The average molecular weight is 435 g/mol. The number of esters is 1. The summed E-state index contributed by atoms with van der Waals surface area (Å²) in [5.74, 6) is -0.672. The molecule has 3 rings (SSSR count). The molecule has 0 spiro atoms. The third kappa shape index (κ3) is 6.30. The largest absolute Gasteiger partial charge is 0.466 e. The van der Waals surface area contributed by atoms with Crippen molar-refractivity contribution >= 4 is 23.9 Å². The van der Waals surface area contributed by atoms with Crippen LogP contribution >= 0.6 is 0 Å². The number of piperidine rings is 1. The molecule has 1 aliphatic rings. The second kappa shape index (κ2) is 11.3. The minimum atomic E-state index is -0.232. The summed E-state index contributed by atoms with van der Waals surface area (Å²) in [4.78, 5) is 40.1. The third-order valence-electron chi connectivity index (χ3n) is 5.63. The summed E-state index contributed by atoms with van der Waals surface area (Å²) in [5.41, 5.74) is 3.11. The third-order valence-corrected chi connectivity index (χ3v) is 5.63. The van der Waals surface area contributed by atoms with Gasteiger partial charge in [0.2, 0.25) is 11.8 Å². The normalized spacial score (nSPS) is 14.4. The molecule has 0 N–H and O–H groups in total. The number of ether oxygens (including phenoxy) is 1. The fourth-order valence-corrected chi connectivity index (χ4v) is 3.75. The van der Waals surface area contributed by atoms with E-state index in [0.717, 1.165) is 16.7 Å². The second-order valence-electron chi connectivity index (χ2n) is 7.93.